The number of alkyl carbamates (subject to hydrolysis) is 1. The molecule has 66 valence electrons. The van der Waals surface area contributed by atoms with E-state index in [9.17, 15) is 4.79 Å². The smallest absolute Gasteiger partial charge is 0.412 e. The molecule has 1 rings (SSSR count). The number of nitrogens with zero attached hydrogens (tertiary/aromatic N) is 2. The van der Waals surface area contributed by atoms with E-state index in [1.807, 2.05) is 0 Å². The highest BCUT2D eigenvalue weighted by molar-refractivity contribution is 5.57. The quantitative estimate of drug-likeness (QED) is 0.580. The predicted octanol–water partition coefficient (Wildman–Crippen LogP) is 0.658. The number of hydrogen-bond acceptors (Lipinski definition) is 4. The van der Waals surface area contributed by atoms with Crippen molar-refractivity contribution in [2.75, 3.05) is 0 Å². The fourth-order valence-electron chi connectivity index (χ4n) is 0.672. The van der Waals surface area contributed by atoms with Gasteiger partial charge in [0.25, 0.3) is 0 Å². The molecule has 0 aliphatic carbocycles. The molecular formula is C7H12N3O2+. The molecule has 0 radical (unpaired) electrons. The monoisotopic (exact) mass is 170 g/mol. The Bertz CT molecular complexity index is 228. The van der Waals surface area contributed by atoms with Gasteiger partial charge in [0.05, 0.1) is 0 Å². The average Bonchev–Trinajstić information content (AvgIpc) is 2.32. The molecule has 0 aromatic heterocycles. The molecule has 1 atom stereocenters. The van der Waals surface area contributed by atoms with E-state index in [1.54, 1.807) is 20.8 Å². The van der Waals surface area contributed by atoms with E-state index in [4.69, 9.17) is 4.74 Å². The number of carbonyl (C=O) groups excluding carboxylic acids is 1. The SMILES string of the molecule is CC(C)(C)OC(=O)[NH+]1C=CN=N1. The minimum Gasteiger partial charge on any atom is -0.412 e. The molecule has 0 spiro atoms. The maximum absolute atomic E-state index is 11.2. The largest absolute Gasteiger partial charge is 0.548 e. The topological polar surface area (TPSA) is 55.5 Å². The van der Waals surface area contributed by atoms with Crippen molar-refractivity contribution in [3.8, 4) is 0 Å². The first-order chi connectivity index (χ1) is 5.49. The molecule has 0 fully saturated rings. The highest BCUT2D eigenvalue weighted by Crippen LogP contribution is 2.05. The Morgan fingerprint density at radius 2 is 2.17 bits per heavy atom. The van der Waals surface area contributed by atoms with Crippen LogP contribution in [0.2, 0.25) is 0 Å². The van der Waals surface area contributed by atoms with Gasteiger partial charge in [0.2, 0.25) is 0 Å². The van der Waals surface area contributed by atoms with Gasteiger partial charge in [0, 0.05) is 5.22 Å². The number of nitrogens with one attached hydrogen (secondary N) is 1. The van der Waals surface area contributed by atoms with E-state index in [0.29, 0.717) is 0 Å². The van der Waals surface area contributed by atoms with Gasteiger partial charge < -0.3 is 4.74 Å². The van der Waals surface area contributed by atoms with Gasteiger partial charge in [-0.15, -0.1) is 5.11 Å². The number of rotatable bonds is 0. The lowest BCUT2D eigenvalue weighted by atomic mass is 10.2. The second-order valence-corrected chi connectivity index (χ2v) is 3.42. The van der Waals surface area contributed by atoms with Crippen molar-refractivity contribution in [3.63, 3.8) is 0 Å². The van der Waals surface area contributed by atoms with Crippen LogP contribution in [0.1, 0.15) is 20.8 Å². The lowest BCUT2D eigenvalue weighted by molar-refractivity contribution is -0.776. The van der Waals surface area contributed by atoms with Crippen LogP contribution in [0.5, 0.6) is 0 Å². The first kappa shape index (κ1) is 8.86. The van der Waals surface area contributed by atoms with Crippen molar-refractivity contribution in [2.45, 2.75) is 26.4 Å². The van der Waals surface area contributed by atoms with Crippen LogP contribution in [-0.4, -0.2) is 11.7 Å². The maximum atomic E-state index is 11.2. The van der Waals surface area contributed by atoms with E-state index < -0.39 is 11.7 Å². The molecule has 1 unspecified atom stereocenters. The van der Waals surface area contributed by atoms with Gasteiger partial charge in [0.1, 0.15) is 11.8 Å². The first-order valence-electron chi connectivity index (χ1n) is 3.67. The van der Waals surface area contributed by atoms with Crippen LogP contribution in [-0.2, 0) is 4.74 Å². The highest BCUT2D eigenvalue weighted by atomic mass is 16.6. The third-order valence-corrected chi connectivity index (χ3v) is 1.07. The van der Waals surface area contributed by atoms with Crippen LogP contribution < -0.4 is 5.01 Å². The van der Waals surface area contributed by atoms with Crippen LogP contribution in [0.25, 0.3) is 0 Å². The van der Waals surface area contributed by atoms with Gasteiger partial charge in [-0.25, -0.2) is 0 Å². The standard InChI is InChI=1S/C7H11N3O2/c1-7(2,3)12-6(11)10-5-4-8-9-10/h4-5H,1-3H3/p+1. The zero-order valence-corrected chi connectivity index (χ0v) is 7.37. The van der Waals surface area contributed by atoms with Crippen molar-refractivity contribution in [1.29, 1.82) is 0 Å². The fraction of sp³-hybridized carbons (Fsp3) is 0.571. The van der Waals surface area contributed by atoms with Gasteiger partial charge in [-0.3, -0.25) is 0 Å². The van der Waals surface area contributed by atoms with Crippen molar-refractivity contribution in [2.24, 2.45) is 10.3 Å². The summed E-state index contributed by atoms with van der Waals surface area (Å²) in [5.41, 5.74) is -0.476. The van der Waals surface area contributed by atoms with E-state index in [1.165, 1.54) is 12.4 Å². The van der Waals surface area contributed by atoms with Crippen LogP contribution in [0, 0.1) is 0 Å². The van der Waals surface area contributed by atoms with E-state index in [-0.39, 0.29) is 5.01 Å². The van der Waals surface area contributed by atoms with Crippen LogP contribution in [0.15, 0.2) is 22.7 Å². The summed E-state index contributed by atoms with van der Waals surface area (Å²) >= 11 is 0. The average molecular weight is 170 g/mol. The Morgan fingerprint density at radius 3 is 2.58 bits per heavy atom. The number of ether oxygens (including phenoxy) is 1. The molecule has 1 aliphatic heterocycles. The number of carbonyl (C=O) groups is 1. The summed E-state index contributed by atoms with van der Waals surface area (Å²) in [5, 5.41) is 7.35. The summed E-state index contributed by atoms with van der Waals surface area (Å²) in [6.45, 7) is 5.42. The minimum absolute atomic E-state index is 0.255. The third kappa shape index (κ3) is 2.43. The Balaban J connectivity index is 2.49. The van der Waals surface area contributed by atoms with Crippen LogP contribution in [0.4, 0.5) is 4.79 Å². The summed E-state index contributed by atoms with van der Waals surface area (Å²) in [6.07, 6.45) is 2.55. The van der Waals surface area contributed by atoms with Gasteiger partial charge in [-0.05, 0) is 20.8 Å². The van der Waals surface area contributed by atoms with Crippen LogP contribution >= 0.6 is 0 Å². The van der Waals surface area contributed by atoms with Gasteiger partial charge in [-0.1, -0.05) is 5.01 Å². The van der Waals surface area contributed by atoms with Gasteiger partial charge >= 0.3 is 6.09 Å². The fourth-order valence-corrected chi connectivity index (χ4v) is 0.672. The normalized spacial score (nSPS) is 21.4. The molecule has 1 amide bonds. The van der Waals surface area contributed by atoms with E-state index in [2.05, 4.69) is 10.3 Å². The molecule has 0 aromatic carbocycles. The Labute approximate surface area is 70.7 Å². The predicted molar refractivity (Wildman–Crippen MR) is 41.2 cm³/mol. The second kappa shape index (κ2) is 3.02. The molecule has 1 aliphatic rings. The lowest BCUT2D eigenvalue weighted by Crippen LogP contribution is -3.05. The Kier molecular flexibility index (Phi) is 2.23. The van der Waals surface area contributed by atoms with Crippen molar-refractivity contribution in [1.82, 2.24) is 0 Å². The molecule has 5 heteroatoms. The molecule has 12 heavy (non-hydrogen) atoms. The first-order valence-corrected chi connectivity index (χ1v) is 3.67. The van der Waals surface area contributed by atoms with Gasteiger partial charge in [-0.2, -0.15) is 4.79 Å². The van der Waals surface area contributed by atoms with Crippen molar-refractivity contribution >= 4 is 6.09 Å². The van der Waals surface area contributed by atoms with Gasteiger partial charge in [0.15, 0.2) is 6.20 Å². The molecule has 0 saturated carbocycles. The lowest BCUT2D eigenvalue weighted by Gasteiger charge is -2.17. The Morgan fingerprint density at radius 1 is 1.50 bits per heavy atom. The van der Waals surface area contributed by atoms with E-state index in [0.717, 1.165) is 0 Å². The molecule has 0 bridgehead atoms. The van der Waals surface area contributed by atoms with E-state index >= 15 is 0 Å². The third-order valence-electron chi connectivity index (χ3n) is 1.07. The zero-order chi connectivity index (χ0) is 9.19. The zero-order valence-electron chi connectivity index (χ0n) is 7.37. The molecule has 1 heterocycles. The highest BCUT2D eigenvalue weighted by Gasteiger charge is 2.27. The molecule has 0 aromatic rings. The number of quaternary nitrogens is 1. The minimum atomic E-state index is -0.476. The Hall–Kier alpha value is -1.23. The summed E-state index contributed by atoms with van der Waals surface area (Å²) in [7, 11) is 0. The molecular weight excluding hydrogens is 158 g/mol. The summed E-state index contributed by atoms with van der Waals surface area (Å²) < 4.78 is 5.04. The summed E-state index contributed by atoms with van der Waals surface area (Å²) in [5.74, 6) is 0. The second-order valence-electron chi connectivity index (χ2n) is 3.42. The summed E-state index contributed by atoms with van der Waals surface area (Å²) in [4.78, 5) is 11.2. The van der Waals surface area contributed by atoms with Crippen molar-refractivity contribution in [3.05, 3.63) is 12.4 Å². The molecule has 1 N–H and O–H groups in total. The van der Waals surface area contributed by atoms with Crippen molar-refractivity contribution < 1.29 is 14.5 Å². The van der Waals surface area contributed by atoms with Crippen LogP contribution in [0.3, 0.4) is 0 Å². The number of amides is 1. The molecule has 0 saturated heterocycles. The maximum Gasteiger partial charge on any atom is 0.548 e. The number of hydrogen-bond donors (Lipinski definition) is 1. The summed E-state index contributed by atoms with van der Waals surface area (Å²) in [6, 6.07) is 0. The molecule has 5 nitrogen and oxygen atoms in total.